The lowest BCUT2D eigenvalue weighted by molar-refractivity contribution is 0.571. The summed E-state index contributed by atoms with van der Waals surface area (Å²) in [5, 5.41) is 18.2. The Balaban J connectivity index is 0.00000200. The standard InChI is InChI=1S/C14H6Cl2N2O.H2O/c15-12-3-1-10(6-13(12)16)14-4-2-11(19-14)5-9(7-17)8-18;/h1-6H;1H2. The largest absolute Gasteiger partial charge is 0.457 e. The lowest BCUT2D eigenvalue weighted by Crippen LogP contribution is -1.75. The zero-order valence-corrected chi connectivity index (χ0v) is 11.5. The topological polar surface area (TPSA) is 92.2 Å². The third-order valence-corrected chi connectivity index (χ3v) is 3.10. The van der Waals surface area contributed by atoms with E-state index < -0.39 is 0 Å². The van der Waals surface area contributed by atoms with Gasteiger partial charge in [0.15, 0.2) is 0 Å². The maximum absolute atomic E-state index is 8.66. The molecule has 0 spiro atoms. The predicted molar refractivity (Wildman–Crippen MR) is 77.0 cm³/mol. The van der Waals surface area contributed by atoms with E-state index in [4.69, 9.17) is 38.1 Å². The number of hydrogen-bond donors (Lipinski definition) is 0. The molecule has 0 atom stereocenters. The van der Waals surface area contributed by atoms with Crippen LogP contribution in [0.3, 0.4) is 0 Å². The van der Waals surface area contributed by atoms with Crippen LogP contribution in [0.5, 0.6) is 0 Å². The highest BCUT2D eigenvalue weighted by Gasteiger charge is 2.06. The minimum Gasteiger partial charge on any atom is -0.457 e. The summed E-state index contributed by atoms with van der Waals surface area (Å²) in [6.07, 6.45) is 1.38. The summed E-state index contributed by atoms with van der Waals surface area (Å²) in [7, 11) is 0. The van der Waals surface area contributed by atoms with Crippen LogP contribution in [0.15, 0.2) is 40.3 Å². The fourth-order valence-corrected chi connectivity index (χ4v) is 1.76. The molecule has 0 aliphatic rings. The van der Waals surface area contributed by atoms with Crippen LogP contribution in [0, 0.1) is 22.7 Å². The van der Waals surface area contributed by atoms with E-state index in [0.29, 0.717) is 21.6 Å². The van der Waals surface area contributed by atoms with E-state index in [1.807, 2.05) is 0 Å². The van der Waals surface area contributed by atoms with Crippen molar-refractivity contribution < 1.29 is 9.89 Å². The van der Waals surface area contributed by atoms with Crippen LogP contribution in [-0.4, -0.2) is 5.48 Å². The second-order valence-electron chi connectivity index (χ2n) is 3.61. The lowest BCUT2D eigenvalue weighted by atomic mass is 10.2. The van der Waals surface area contributed by atoms with Crippen molar-refractivity contribution in [2.75, 3.05) is 0 Å². The van der Waals surface area contributed by atoms with Gasteiger partial charge in [-0.3, -0.25) is 0 Å². The SMILES string of the molecule is N#CC(C#N)=Cc1ccc(-c2ccc(Cl)c(Cl)c2)o1.O. The first-order valence-electron chi connectivity index (χ1n) is 5.21. The Morgan fingerprint density at radius 2 is 1.75 bits per heavy atom. The third-order valence-electron chi connectivity index (χ3n) is 2.36. The molecule has 0 unspecified atom stereocenters. The molecule has 4 nitrogen and oxygen atoms in total. The molecule has 2 rings (SSSR count). The van der Waals surface area contributed by atoms with Gasteiger partial charge in [0.25, 0.3) is 0 Å². The van der Waals surface area contributed by atoms with Gasteiger partial charge < -0.3 is 9.89 Å². The molecule has 1 aromatic carbocycles. The van der Waals surface area contributed by atoms with Gasteiger partial charge in [0.05, 0.1) is 10.0 Å². The maximum atomic E-state index is 8.66. The molecule has 0 aliphatic heterocycles. The van der Waals surface area contributed by atoms with Crippen LogP contribution in [0.25, 0.3) is 17.4 Å². The molecule has 2 aromatic rings. The Labute approximate surface area is 125 Å². The zero-order chi connectivity index (χ0) is 13.8. The molecule has 0 bridgehead atoms. The molecular weight excluding hydrogens is 299 g/mol. The monoisotopic (exact) mass is 306 g/mol. The summed E-state index contributed by atoms with van der Waals surface area (Å²) in [5.41, 5.74) is 0.750. The normalized spacial score (nSPS) is 9.00. The third kappa shape index (κ3) is 3.40. The van der Waals surface area contributed by atoms with Gasteiger partial charge in [-0.2, -0.15) is 10.5 Å². The first-order valence-corrected chi connectivity index (χ1v) is 5.97. The molecule has 100 valence electrons. The van der Waals surface area contributed by atoms with Crippen molar-refractivity contribution in [3.63, 3.8) is 0 Å². The van der Waals surface area contributed by atoms with Gasteiger partial charge in [-0.05, 0) is 30.3 Å². The molecule has 0 amide bonds. The van der Waals surface area contributed by atoms with E-state index >= 15 is 0 Å². The molecule has 1 heterocycles. The van der Waals surface area contributed by atoms with Gasteiger partial charge in [-0.15, -0.1) is 0 Å². The number of rotatable bonds is 2. The number of halogens is 2. The Morgan fingerprint density at radius 1 is 1.05 bits per heavy atom. The first-order chi connectivity index (χ1) is 9.13. The Kier molecular flexibility index (Phi) is 5.37. The number of allylic oxidation sites excluding steroid dienone is 1. The van der Waals surface area contributed by atoms with Crippen LogP contribution in [-0.2, 0) is 0 Å². The summed E-state index contributed by atoms with van der Waals surface area (Å²) in [4.78, 5) is 0. The molecule has 20 heavy (non-hydrogen) atoms. The maximum Gasteiger partial charge on any atom is 0.134 e. The smallest absolute Gasteiger partial charge is 0.134 e. The summed E-state index contributed by atoms with van der Waals surface area (Å²) in [6.45, 7) is 0. The van der Waals surface area contributed by atoms with Gasteiger partial charge in [0.1, 0.15) is 29.2 Å². The van der Waals surface area contributed by atoms with E-state index in [2.05, 4.69) is 0 Å². The van der Waals surface area contributed by atoms with Gasteiger partial charge in [0, 0.05) is 11.6 Å². The molecule has 0 saturated heterocycles. The Hall–Kier alpha value is -2.24. The molecule has 1 aromatic heterocycles. The average molecular weight is 307 g/mol. The van der Waals surface area contributed by atoms with Crippen LogP contribution in [0.2, 0.25) is 10.0 Å². The Bertz CT molecular complexity index is 720. The zero-order valence-electron chi connectivity index (χ0n) is 10.0. The van der Waals surface area contributed by atoms with Crippen molar-refractivity contribution in [1.82, 2.24) is 0 Å². The summed E-state index contributed by atoms with van der Waals surface area (Å²) >= 11 is 11.8. The first kappa shape index (κ1) is 15.8. The quantitative estimate of drug-likeness (QED) is 0.788. The fourth-order valence-electron chi connectivity index (χ4n) is 1.47. The van der Waals surface area contributed by atoms with E-state index in [9.17, 15) is 0 Å². The minimum absolute atomic E-state index is 0. The summed E-state index contributed by atoms with van der Waals surface area (Å²) < 4.78 is 5.52. The van der Waals surface area contributed by atoms with E-state index in [0.717, 1.165) is 5.56 Å². The molecule has 0 saturated carbocycles. The van der Waals surface area contributed by atoms with Gasteiger partial charge in [-0.1, -0.05) is 23.2 Å². The average Bonchev–Trinajstić information content (AvgIpc) is 2.87. The van der Waals surface area contributed by atoms with Gasteiger partial charge in [-0.25, -0.2) is 0 Å². The number of hydrogen-bond acceptors (Lipinski definition) is 3. The fraction of sp³-hybridized carbons (Fsp3) is 0. The van der Waals surface area contributed by atoms with Crippen LogP contribution in [0.1, 0.15) is 5.76 Å². The predicted octanol–water partition coefficient (Wildman–Crippen LogP) is 3.86. The number of nitriles is 2. The minimum atomic E-state index is -0.0185. The molecule has 2 N–H and O–H groups in total. The van der Waals surface area contributed by atoms with Crippen molar-refractivity contribution in [3.8, 4) is 23.5 Å². The Morgan fingerprint density at radius 3 is 2.35 bits per heavy atom. The molecule has 6 heteroatoms. The molecule has 0 radical (unpaired) electrons. The van der Waals surface area contributed by atoms with Crippen molar-refractivity contribution in [1.29, 1.82) is 10.5 Å². The van der Waals surface area contributed by atoms with Crippen molar-refractivity contribution in [3.05, 3.63) is 51.7 Å². The number of furan rings is 1. The molecule has 0 aliphatic carbocycles. The second-order valence-corrected chi connectivity index (χ2v) is 4.43. The summed E-state index contributed by atoms with van der Waals surface area (Å²) in [6, 6.07) is 12.1. The highest BCUT2D eigenvalue weighted by Crippen LogP contribution is 2.29. The van der Waals surface area contributed by atoms with Crippen LogP contribution < -0.4 is 0 Å². The van der Waals surface area contributed by atoms with Crippen molar-refractivity contribution in [2.24, 2.45) is 0 Å². The number of benzene rings is 1. The van der Waals surface area contributed by atoms with E-state index in [1.165, 1.54) is 6.08 Å². The van der Waals surface area contributed by atoms with Crippen molar-refractivity contribution in [2.45, 2.75) is 0 Å². The van der Waals surface area contributed by atoms with Crippen LogP contribution in [0.4, 0.5) is 0 Å². The highest BCUT2D eigenvalue weighted by molar-refractivity contribution is 6.42. The molecule has 0 fully saturated rings. The van der Waals surface area contributed by atoms with Gasteiger partial charge in [0.2, 0.25) is 0 Å². The highest BCUT2D eigenvalue weighted by atomic mass is 35.5. The molecular formula is C14H8Cl2N2O2. The van der Waals surface area contributed by atoms with E-state index in [-0.39, 0.29) is 11.0 Å². The van der Waals surface area contributed by atoms with Crippen LogP contribution >= 0.6 is 23.2 Å². The van der Waals surface area contributed by atoms with E-state index in [1.54, 1.807) is 42.5 Å². The lowest BCUT2D eigenvalue weighted by Gasteiger charge is -1.99. The summed E-state index contributed by atoms with van der Waals surface area (Å²) in [5.74, 6) is 1.01. The number of nitrogens with zero attached hydrogens (tertiary/aromatic N) is 2. The van der Waals surface area contributed by atoms with Gasteiger partial charge >= 0.3 is 0 Å². The second kappa shape index (κ2) is 6.79. The van der Waals surface area contributed by atoms with Crippen molar-refractivity contribution >= 4 is 29.3 Å².